The molecule has 2 rings (SSSR count). The van der Waals surface area contributed by atoms with E-state index < -0.39 is 5.97 Å². The third-order valence-electron chi connectivity index (χ3n) is 2.24. The smallest absolute Gasteiger partial charge is 0.378 e. The van der Waals surface area contributed by atoms with E-state index in [1.165, 1.54) is 4.68 Å². The predicted octanol–water partition coefficient (Wildman–Crippen LogP) is 1.50. The first-order valence-electron chi connectivity index (χ1n) is 5.38. The minimum absolute atomic E-state index is 0.121. The number of rotatable bonds is 4. The van der Waals surface area contributed by atoms with Gasteiger partial charge in [0, 0.05) is 3.57 Å². The van der Waals surface area contributed by atoms with Crippen LogP contribution in [-0.2, 0) is 11.3 Å². The third-order valence-corrected chi connectivity index (χ3v) is 2.95. The molecule has 0 radical (unpaired) electrons. The topological polar surface area (TPSA) is 69.9 Å². The summed E-state index contributed by atoms with van der Waals surface area (Å²) < 4.78 is 7.46. The molecule has 94 valence electrons. The second-order valence-electron chi connectivity index (χ2n) is 3.51. The maximum absolute atomic E-state index is 11.6. The summed E-state index contributed by atoms with van der Waals surface area (Å²) >= 11 is 2.23. The number of hydrogen-bond acceptors (Lipinski definition) is 5. The van der Waals surface area contributed by atoms with Gasteiger partial charge in [0.25, 0.3) is 5.82 Å². The molecule has 0 N–H and O–H groups in total. The van der Waals surface area contributed by atoms with Crippen LogP contribution in [0.3, 0.4) is 0 Å². The van der Waals surface area contributed by atoms with Crippen molar-refractivity contribution in [2.45, 2.75) is 13.5 Å². The van der Waals surface area contributed by atoms with Crippen molar-refractivity contribution in [2.75, 3.05) is 6.61 Å². The zero-order valence-corrected chi connectivity index (χ0v) is 11.9. The largest absolute Gasteiger partial charge is 0.460 e. The van der Waals surface area contributed by atoms with Crippen molar-refractivity contribution < 1.29 is 9.53 Å². The number of hydrogen-bond donors (Lipinski definition) is 0. The summed E-state index contributed by atoms with van der Waals surface area (Å²) in [7, 11) is 0. The molecule has 7 heteroatoms. The van der Waals surface area contributed by atoms with Crippen LogP contribution in [0.1, 0.15) is 23.1 Å². The molecular weight excluding hydrogens is 347 g/mol. The fourth-order valence-corrected chi connectivity index (χ4v) is 1.78. The van der Waals surface area contributed by atoms with Gasteiger partial charge in [0.2, 0.25) is 0 Å². The van der Waals surface area contributed by atoms with Crippen LogP contribution in [0.5, 0.6) is 0 Å². The fourth-order valence-electron chi connectivity index (χ4n) is 1.42. The SMILES string of the molecule is CCOC(=O)c1nnnn1Cc1ccc(I)cc1. The first-order chi connectivity index (χ1) is 8.70. The van der Waals surface area contributed by atoms with Crippen molar-refractivity contribution >= 4 is 28.6 Å². The Morgan fingerprint density at radius 2 is 2.11 bits per heavy atom. The molecule has 1 aromatic heterocycles. The van der Waals surface area contributed by atoms with Crippen molar-refractivity contribution in [3.8, 4) is 0 Å². The summed E-state index contributed by atoms with van der Waals surface area (Å²) in [6, 6.07) is 7.92. The molecule has 0 saturated heterocycles. The molecule has 0 aliphatic heterocycles. The highest BCUT2D eigenvalue weighted by molar-refractivity contribution is 14.1. The third kappa shape index (κ3) is 3.03. The Kier molecular flexibility index (Phi) is 4.24. The lowest BCUT2D eigenvalue weighted by molar-refractivity contribution is 0.0505. The highest BCUT2D eigenvalue weighted by Gasteiger charge is 2.16. The number of carbonyl (C=O) groups excluding carboxylic acids is 1. The minimum atomic E-state index is -0.506. The number of halogens is 1. The lowest BCUT2D eigenvalue weighted by Gasteiger charge is -2.04. The van der Waals surface area contributed by atoms with Crippen LogP contribution in [0.25, 0.3) is 0 Å². The highest BCUT2D eigenvalue weighted by Crippen LogP contribution is 2.08. The van der Waals surface area contributed by atoms with Gasteiger partial charge in [-0.25, -0.2) is 9.48 Å². The van der Waals surface area contributed by atoms with Crippen LogP contribution >= 0.6 is 22.6 Å². The molecule has 6 nitrogen and oxygen atoms in total. The summed E-state index contributed by atoms with van der Waals surface area (Å²) in [5, 5.41) is 11.0. The molecule has 1 aromatic carbocycles. The minimum Gasteiger partial charge on any atom is -0.460 e. The molecule has 2 aromatic rings. The predicted molar refractivity (Wildman–Crippen MR) is 72.0 cm³/mol. The standard InChI is InChI=1S/C11H11IN4O2/c1-2-18-11(17)10-13-14-15-16(10)7-8-3-5-9(12)6-4-8/h3-6H,2,7H2,1H3. The lowest BCUT2D eigenvalue weighted by atomic mass is 10.2. The van der Waals surface area contributed by atoms with Crippen LogP contribution in [-0.4, -0.2) is 32.8 Å². The van der Waals surface area contributed by atoms with Gasteiger partial charge in [-0.3, -0.25) is 0 Å². The number of aromatic nitrogens is 4. The first kappa shape index (κ1) is 12.9. The van der Waals surface area contributed by atoms with Gasteiger partial charge < -0.3 is 4.74 Å². The van der Waals surface area contributed by atoms with Crippen molar-refractivity contribution in [1.82, 2.24) is 20.2 Å². The molecule has 0 aliphatic carbocycles. The number of esters is 1. The molecular formula is C11H11IN4O2. The van der Waals surface area contributed by atoms with Gasteiger partial charge in [-0.05, 0) is 57.6 Å². The van der Waals surface area contributed by atoms with Crippen LogP contribution in [0.15, 0.2) is 24.3 Å². The van der Waals surface area contributed by atoms with Gasteiger partial charge in [0.15, 0.2) is 0 Å². The number of nitrogens with zero attached hydrogens (tertiary/aromatic N) is 4. The Morgan fingerprint density at radius 3 is 2.78 bits per heavy atom. The van der Waals surface area contributed by atoms with E-state index in [0.717, 1.165) is 9.13 Å². The number of tetrazole rings is 1. The van der Waals surface area contributed by atoms with Gasteiger partial charge in [0.1, 0.15) is 0 Å². The summed E-state index contributed by atoms with van der Waals surface area (Å²) in [5.41, 5.74) is 1.02. The van der Waals surface area contributed by atoms with Crippen molar-refractivity contribution in [3.05, 3.63) is 39.2 Å². The number of benzene rings is 1. The van der Waals surface area contributed by atoms with Crippen LogP contribution in [0.4, 0.5) is 0 Å². The van der Waals surface area contributed by atoms with E-state index in [9.17, 15) is 4.79 Å². The maximum Gasteiger partial charge on any atom is 0.378 e. The summed E-state index contributed by atoms with van der Waals surface area (Å²) in [5.74, 6) is -0.386. The van der Waals surface area contributed by atoms with E-state index >= 15 is 0 Å². The molecule has 0 bridgehead atoms. The average molecular weight is 358 g/mol. The lowest BCUT2D eigenvalue weighted by Crippen LogP contribution is -2.15. The fraction of sp³-hybridized carbons (Fsp3) is 0.273. The van der Waals surface area contributed by atoms with Gasteiger partial charge >= 0.3 is 5.97 Å². The second kappa shape index (κ2) is 5.89. The number of ether oxygens (including phenoxy) is 1. The molecule has 0 unspecified atom stereocenters. The van der Waals surface area contributed by atoms with Crippen molar-refractivity contribution in [2.24, 2.45) is 0 Å². The van der Waals surface area contributed by atoms with Gasteiger partial charge in [-0.1, -0.05) is 12.1 Å². The number of carbonyl (C=O) groups is 1. The van der Waals surface area contributed by atoms with Crippen LogP contribution < -0.4 is 0 Å². The summed E-state index contributed by atoms with van der Waals surface area (Å²) in [6.07, 6.45) is 0. The van der Waals surface area contributed by atoms with Crippen LogP contribution in [0, 0.1) is 3.57 Å². The van der Waals surface area contributed by atoms with Gasteiger partial charge in [0.05, 0.1) is 13.2 Å². The summed E-state index contributed by atoms with van der Waals surface area (Å²) in [6.45, 7) is 2.48. The Labute approximate surface area is 117 Å². The van der Waals surface area contributed by atoms with E-state index in [1.54, 1.807) is 6.92 Å². The van der Waals surface area contributed by atoms with E-state index in [-0.39, 0.29) is 5.82 Å². The van der Waals surface area contributed by atoms with Crippen molar-refractivity contribution in [3.63, 3.8) is 0 Å². The van der Waals surface area contributed by atoms with Gasteiger partial charge in [-0.2, -0.15) is 0 Å². The van der Waals surface area contributed by atoms with E-state index in [4.69, 9.17) is 4.74 Å². The molecule has 0 aliphatic rings. The molecule has 0 atom stereocenters. The first-order valence-corrected chi connectivity index (χ1v) is 6.46. The second-order valence-corrected chi connectivity index (χ2v) is 4.75. The Bertz CT molecular complexity index is 538. The molecule has 18 heavy (non-hydrogen) atoms. The Balaban J connectivity index is 2.17. The van der Waals surface area contributed by atoms with E-state index in [1.807, 2.05) is 24.3 Å². The summed E-state index contributed by atoms with van der Waals surface area (Å²) in [4.78, 5) is 11.6. The highest BCUT2D eigenvalue weighted by atomic mass is 127. The Morgan fingerprint density at radius 1 is 1.39 bits per heavy atom. The molecule has 0 saturated carbocycles. The average Bonchev–Trinajstić information content (AvgIpc) is 2.81. The normalized spacial score (nSPS) is 10.3. The van der Waals surface area contributed by atoms with Gasteiger partial charge in [-0.15, -0.1) is 5.10 Å². The van der Waals surface area contributed by atoms with E-state index in [2.05, 4.69) is 38.1 Å². The van der Waals surface area contributed by atoms with E-state index in [0.29, 0.717) is 13.2 Å². The quantitative estimate of drug-likeness (QED) is 0.612. The maximum atomic E-state index is 11.6. The van der Waals surface area contributed by atoms with Crippen LogP contribution in [0.2, 0.25) is 0 Å². The molecule has 0 spiro atoms. The molecule has 0 amide bonds. The molecule has 1 heterocycles. The zero-order valence-electron chi connectivity index (χ0n) is 9.71. The monoisotopic (exact) mass is 358 g/mol. The Hall–Kier alpha value is -1.51. The zero-order chi connectivity index (χ0) is 13.0. The molecule has 0 fully saturated rings. The van der Waals surface area contributed by atoms with Crippen molar-refractivity contribution in [1.29, 1.82) is 0 Å².